The summed E-state index contributed by atoms with van der Waals surface area (Å²) in [7, 11) is 3.17. The van der Waals surface area contributed by atoms with Gasteiger partial charge in [0.2, 0.25) is 6.29 Å². The van der Waals surface area contributed by atoms with Gasteiger partial charge >= 0.3 is 0 Å². The topological polar surface area (TPSA) is 55.8 Å². The Kier molecular flexibility index (Phi) is 5.30. The number of hydrogen-bond acceptors (Lipinski definition) is 4. The molecule has 0 bridgehead atoms. The largest absolute Gasteiger partial charge is 0.497 e. The number of rotatable bonds is 7. The molecule has 0 saturated carbocycles. The molecule has 2 rings (SSSR count). The van der Waals surface area contributed by atoms with E-state index in [0.717, 1.165) is 0 Å². The first kappa shape index (κ1) is 18.0. The van der Waals surface area contributed by atoms with Crippen LogP contribution >= 0.6 is 0 Å². The quantitative estimate of drug-likeness (QED) is 0.846. The number of benzene rings is 2. The minimum atomic E-state index is -1.51. The van der Waals surface area contributed by atoms with Crippen LogP contribution in [0.4, 0.5) is 0 Å². The lowest BCUT2D eigenvalue weighted by atomic mass is 9.65. The van der Waals surface area contributed by atoms with Crippen LogP contribution in [0.15, 0.2) is 48.5 Å². The Hall–Kier alpha value is -2.33. The molecule has 127 valence electrons. The van der Waals surface area contributed by atoms with Gasteiger partial charge in [0.1, 0.15) is 17.1 Å². The molecule has 2 aromatic rings. The summed E-state index contributed by atoms with van der Waals surface area (Å²) >= 11 is 0. The van der Waals surface area contributed by atoms with Gasteiger partial charge in [0, 0.05) is 0 Å². The molecule has 0 aliphatic carbocycles. The Morgan fingerprint density at radius 1 is 0.917 bits per heavy atom. The molecule has 0 heterocycles. The van der Waals surface area contributed by atoms with Crippen molar-refractivity contribution in [2.75, 3.05) is 14.2 Å². The van der Waals surface area contributed by atoms with E-state index in [0.29, 0.717) is 29.0 Å². The van der Waals surface area contributed by atoms with Crippen LogP contribution < -0.4 is 9.47 Å². The van der Waals surface area contributed by atoms with Crippen molar-refractivity contribution in [1.82, 2.24) is 0 Å². The fourth-order valence-electron chi connectivity index (χ4n) is 2.87. The van der Waals surface area contributed by atoms with Gasteiger partial charge in [0.15, 0.2) is 0 Å². The Labute approximate surface area is 143 Å². The van der Waals surface area contributed by atoms with Gasteiger partial charge in [-0.1, -0.05) is 31.2 Å². The molecule has 0 aromatic heterocycles. The molecular weight excluding hydrogens is 304 g/mol. The molecule has 0 spiro atoms. The van der Waals surface area contributed by atoms with E-state index in [2.05, 4.69) is 6.29 Å². The Morgan fingerprint density at radius 2 is 1.29 bits per heavy atom. The van der Waals surface area contributed by atoms with E-state index in [4.69, 9.17) is 9.47 Å². The highest BCUT2D eigenvalue weighted by molar-refractivity contribution is 5.65. The summed E-state index contributed by atoms with van der Waals surface area (Å²) in [6, 6.07) is 14.2. The number of ether oxygens (including phenoxy) is 2. The first-order valence-corrected chi connectivity index (χ1v) is 7.86. The fraction of sp³-hybridized carbons (Fsp3) is 0.350. The molecule has 0 saturated heterocycles. The first-order valence-electron chi connectivity index (χ1n) is 7.86. The van der Waals surface area contributed by atoms with Gasteiger partial charge in [-0.25, -0.2) is 0 Å². The van der Waals surface area contributed by atoms with Crippen molar-refractivity contribution >= 4 is 6.29 Å². The summed E-state index contributed by atoms with van der Waals surface area (Å²) in [5.74, 6) is 1.37. The zero-order valence-corrected chi connectivity index (χ0v) is 14.5. The van der Waals surface area contributed by atoms with Crippen molar-refractivity contribution in [2.24, 2.45) is 5.41 Å². The summed E-state index contributed by atoms with van der Waals surface area (Å²) in [5.41, 5.74) is -1.39. The minimum Gasteiger partial charge on any atom is -0.497 e. The third kappa shape index (κ3) is 2.89. The van der Waals surface area contributed by atoms with Crippen molar-refractivity contribution in [3.05, 3.63) is 59.7 Å². The average Bonchev–Trinajstić information content (AvgIpc) is 2.66. The lowest BCUT2D eigenvalue weighted by Crippen LogP contribution is -2.45. The molecule has 0 fully saturated rings. The van der Waals surface area contributed by atoms with Gasteiger partial charge in [-0.3, -0.25) is 4.79 Å². The SMILES string of the molecule is CCC(C)([C]=O)C(O)(c1ccc(OC)cc1)c1ccc(OC)cc1. The highest BCUT2D eigenvalue weighted by Crippen LogP contribution is 2.46. The maximum Gasteiger partial charge on any atom is 0.208 e. The lowest BCUT2D eigenvalue weighted by Gasteiger charge is -2.41. The van der Waals surface area contributed by atoms with Crippen molar-refractivity contribution in [2.45, 2.75) is 25.9 Å². The van der Waals surface area contributed by atoms with Crippen molar-refractivity contribution < 1.29 is 19.4 Å². The third-order valence-electron chi connectivity index (χ3n) is 4.75. The second-order valence-electron chi connectivity index (χ2n) is 5.96. The summed E-state index contributed by atoms with van der Waals surface area (Å²) in [6.07, 6.45) is 2.50. The zero-order valence-electron chi connectivity index (χ0n) is 14.5. The third-order valence-corrected chi connectivity index (χ3v) is 4.75. The van der Waals surface area contributed by atoms with Gasteiger partial charge in [0.05, 0.1) is 19.6 Å². The number of carbonyl (C=O) groups excluding carboxylic acids is 1. The van der Waals surface area contributed by atoms with E-state index in [9.17, 15) is 9.90 Å². The lowest BCUT2D eigenvalue weighted by molar-refractivity contribution is -0.0107. The molecule has 0 aliphatic heterocycles. The van der Waals surface area contributed by atoms with Crippen LogP contribution in [-0.2, 0) is 10.4 Å². The van der Waals surface area contributed by atoms with E-state index >= 15 is 0 Å². The molecule has 1 radical (unpaired) electrons. The smallest absolute Gasteiger partial charge is 0.208 e. The van der Waals surface area contributed by atoms with Gasteiger partial charge in [0.25, 0.3) is 0 Å². The molecule has 2 aromatic carbocycles. The number of methoxy groups -OCH3 is 2. The zero-order chi connectivity index (χ0) is 17.8. The summed E-state index contributed by atoms with van der Waals surface area (Å²) < 4.78 is 10.4. The van der Waals surface area contributed by atoms with Crippen LogP contribution in [-0.4, -0.2) is 25.6 Å². The Balaban J connectivity index is 2.65. The molecule has 4 nitrogen and oxygen atoms in total. The highest BCUT2D eigenvalue weighted by atomic mass is 16.5. The minimum absolute atomic E-state index is 0.436. The van der Waals surface area contributed by atoms with Gasteiger partial charge < -0.3 is 14.6 Å². The van der Waals surface area contributed by atoms with Crippen molar-refractivity contribution in [1.29, 1.82) is 0 Å². The van der Waals surface area contributed by atoms with E-state index in [1.807, 2.05) is 6.92 Å². The van der Waals surface area contributed by atoms with Gasteiger partial charge in [-0.05, 0) is 48.7 Å². The maximum atomic E-state index is 11.8. The first-order chi connectivity index (χ1) is 11.4. The van der Waals surface area contributed by atoms with Gasteiger partial charge in [-0.15, -0.1) is 0 Å². The molecule has 0 amide bonds. The Morgan fingerprint density at radius 3 is 1.54 bits per heavy atom. The predicted molar refractivity (Wildman–Crippen MR) is 93.1 cm³/mol. The van der Waals surface area contributed by atoms with E-state index in [-0.39, 0.29) is 0 Å². The number of aliphatic hydroxyl groups is 1. The van der Waals surface area contributed by atoms with Crippen LogP contribution in [0.5, 0.6) is 11.5 Å². The standard InChI is InChI=1S/C20H23O4/c1-5-19(2,14-21)20(22,15-6-10-17(23-3)11-7-15)16-8-12-18(24-4)13-9-16/h6-13,22H,5H2,1-4H3. The monoisotopic (exact) mass is 327 g/mol. The average molecular weight is 327 g/mol. The summed E-state index contributed by atoms with van der Waals surface area (Å²) in [6.45, 7) is 3.58. The highest BCUT2D eigenvalue weighted by Gasteiger charge is 2.49. The molecule has 1 unspecified atom stereocenters. The van der Waals surface area contributed by atoms with Crippen molar-refractivity contribution in [3.8, 4) is 11.5 Å². The second-order valence-corrected chi connectivity index (χ2v) is 5.96. The van der Waals surface area contributed by atoms with E-state index in [1.54, 1.807) is 69.7 Å². The summed E-state index contributed by atoms with van der Waals surface area (Å²) in [5, 5.41) is 11.7. The number of hydrogen-bond donors (Lipinski definition) is 1. The summed E-state index contributed by atoms with van der Waals surface area (Å²) in [4.78, 5) is 11.8. The molecule has 24 heavy (non-hydrogen) atoms. The molecule has 1 atom stereocenters. The van der Waals surface area contributed by atoms with Crippen LogP contribution in [0.25, 0.3) is 0 Å². The van der Waals surface area contributed by atoms with E-state index < -0.39 is 11.0 Å². The molecule has 1 N–H and O–H groups in total. The van der Waals surface area contributed by atoms with Gasteiger partial charge in [-0.2, -0.15) is 0 Å². The fourth-order valence-corrected chi connectivity index (χ4v) is 2.87. The normalized spacial score (nSPS) is 13.9. The molecule has 0 aliphatic rings. The predicted octanol–water partition coefficient (Wildman–Crippen LogP) is 3.47. The van der Waals surface area contributed by atoms with Crippen LogP contribution in [0.3, 0.4) is 0 Å². The molecule has 4 heteroatoms. The van der Waals surface area contributed by atoms with Crippen molar-refractivity contribution in [3.63, 3.8) is 0 Å². The van der Waals surface area contributed by atoms with Crippen LogP contribution in [0.1, 0.15) is 31.4 Å². The van der Waals surface area contributed by atoms with Crippen LogP contribution in [0.2, 0.25) is 0 Å². The second kappa shape index (κ2) is 7.05. The Bertz CT molecular complexity index is 628. The molecular formula is C20H23O4. The van der Waals surface area contributed by atoms with E-state index in [1.165, 1.54) is 0 Å². The maximum absolute atomic E-state index is 11.8. The van der Waals surface area contributed by atoms with Crippen LogP contribution in [0, 0.1) is 5.41 Å².